The fourth-order valence-corrected chi connectivity index (χ4v) is 6.89. The van der Waals surface area contributed by atoms with E-state index in [1.54, 1.807) is 30.3 Å². The lowest BCUT2D eigenvalue weighted by Gasteiger charge is -2.26. The van der Waals surface area contributed by atoms with Crippen LogP contribution in [-0.2, 0) is 23.0 Å². The van der Waals surface area contributed by atoms with Gasteiger partial charge in [-0.2, -0.15) is 0 Å². The Labute approximate surface area is 232 Å². The molecule has 39 heavy (non-hydrogen) atoms. The molecular formula is C27H31N5O5S2. The number of para-hydroxylation sites is 1. The standard InChI is InChI=1S/C27H31N5O5S2/c1-4-15-32-16-14-21-22(17-32)38-26(23(21)25(34)30-27(35)28-2)29-24(33)18-10-12-20(13-11-18)39(36,37)31(3)19-8-6-5-7-9-19/h5-13H,4,14-17H2,1-3H3,(H,29,33)(H2,28,30,34,35). The number of hydrogen-bond acceptors (Lipinski definition) is 7. The number of benzene rings is 2. The van der Waals surface area contributed by atoms with Crippen molar-refractivity contribution in [3.8, 4) is 0 Å². The average Bonchev–Trinajstić information content (AvgIpc) is 3.30. The number of nitrogens with one attached hydrogen (secondary N) is 3. The van der Waals surface area contributed by atoms with Gasteiger partial charge in [-0.3, -0.25) is 24.1 Å². The van der Waals surface area contributed by atoms with Crippen LogP contribution in [0.1, 0.15) is 44.5 Å². The van der Waals surface area contributed by atoms with Crippen LogP contribution in [0.25, 0.3) is 0 Å². The number of thiophene rings is 1. The SMILES string of the molecule is CCCN1CCc2c(sc(NC(=O)c3ccc(S(=O)(=O)N(C)c4ccccc4)cc3)c2C(=O)NC(=O)NC)C1. The Balaban J connectivity index is 1.58. The highest BCUT2D eigenvalue weighted by Gasteiger charge is 2.29. The third-order valence-corrected chi connectivity index (χ3v) is 9.41. The minimum atomic E-state index is -3.83. The highest BCUT2D eigenvalue weighted by atomic mass is 32.2. The topological polar surface area (TPSA) is 128 Å². The van der Waals surface area contributed by atoms with Crippen molar-refractivity contribution in [2.45, 2.75) is 31.2 Å². The number of imide groups is 1. The molecule has 4 amide bonds. The van der Waals surface area contributed by atoms with Gasteiger partial charge in [-0.25, -0.2) is 13.2 Å². The van der Waals surface area contributed by atoms with Crippen molar-refractivity contribution < 1.29 is 22.8 Å². The lowest BCUT2D eigenvalue weighted by atomic mass is 10.0. The van der Waals surface area contributed by atoms with Gasteiger partial charge in [0, 0.05) is 37.6 Å². The molecule has 12 heteroatoms. The van der Waals surface area contributed by atoms with Gasteiger partial charge in [-0.15, -0.1) is 11.3 Å². The third kappa shape index (κ3) is 6.13. The van der Waals surface area contributed by atoms with Gasteiger partial charge in [-0.1, -0.05) is 25.1 Å². The van der Waals surface area contributed by atoms with Crippen LogP contribution in [-0.4, -0.2) is 58.3 Å². The smallest absolute Gasteiger partial charge is 0.321 e. The van der Waals surface area contributed by atoms with Crippen LogP contribution >= 0.6 is 11.3 Å². The zero-order valence-corrected chi connectivity index (χ0v) is 23.6. The van der Waals surface area contributed by atoms with Crippen molar-refractivity contribution in [3.05, 3.63) is 76.2 Å². The van der Waals surface area contributed by atoms with Crippen LogP contribution in [0.3, 0.4) is 0 Å². The van der Waals surface area contributed by atoms with E-state index in [1.807, 2.05) is 0 Å². The number of amides is 4. The van der Waals surface area contributed by atoms with E-state index in [0.29, 0.717) is 23.7 Å². The Morgan fingerprint density at radius 3 is 2.36 bits per heavy atom. The molecule has 0 fully saturated rings. The number of urea groups is 1. The van der Waals surface area contributed by atoms with Gasteiger partial charge < -0.3 is 10.6 Å². The van der Waals surface area contributed by atoms with E-state index in [4.69, 9.17) is 0 Å². The van der Waals surface area contributed by atoms with Crippen molar-refractivity contribution >= 4 is 49.9 Å². The molecule has 0 saturated carbocycles. The molecule has 0 bridgehead atoms. The minimum Gasteiger partial charge on any atom is -0.341 e. The first-order chi connectivity index (χ1) is 18.6. The lowest BCUT2D eigenvalue weighted by molar-refractivity contribution is 0.0964. The molecule has 2 aromatic carbocycles. The van der Waals surface area contributed by atoms with Crippen LogP contribution in [0.4, 0.5) is 15.5 Å². The van der Waals surface area contributed by atoms with Crippen LogP contribution in [0, 0.1) is 0 Å². The number of carbonyl (C=O) groups excluding carboxylic acids is 3. The average molecular weight is 570 g/mol. The number of anilines is 2. The van der Waals surface area contributed by atoms with Gasteiger partial charge in [0.15, 0.2) is 0 Å². The number of carbonyl (C=O) groups is 3. The molecule has 1 aliphatic heterocycles. The van der Waals surface area contributed by atoms with Crippen LogP contribution in [0.2, 0.25) is 0 Å². The van der Waals surface area contributed by atoms with Gasteiger partial charge in [0.2, 0.25) is 0 Å². The summed E-state index contributed by atoms with van der Waals surface area (Å²) in [5, 5.41) is 7.84. The second-order valence-electron chi connectivity index (χ2n) is 9.05. The Morgan fingerprint density at radius 1 is 1.03 bits per heavy atom. The predicted octanol–water partition coefficient (Wildman–Crippen LogP) is 3.66. The summed E-state index contributed by atoms with van der Waals surface area (Å²) in [6.45, 7) is 4.46. The number of nitrogens with zero attached hydrogens (tertiary/aromatic N) is 2. The lowest BCUT2D eigenvalue weighted by Crippen LogP contribution is -2.38. The molecule has 0 spiro atoms. The Kier molecular flexibility index (Phi) is 8.68. The van der Waals surface area contributed by atoms with E-state index in [-0.39, 0.29) is 16.0 Å². The Hall–Kier alpha value is -3.74. The second-order valence-corrected chi connectivity index (χ2v) is 12.1. The van der Waals surface area contributed by atoms with Crippen molar-refractivity contribution in [1.82, 2.24) is 15.5 Å². The Morgan fingerprint density at radius 2 is 1.72 bits per heavy atom. The summed E-state index contributed by atoms with van der Waals surface area (Å²) in [7, 11) is -0.945. The van der Waals surface area contributed by atoms with Gasteiger partial charge in [0.25, 0.3) is 21.8 Å². The number of fused-ring (bicyclic) bond motifs is 1. The molecule has 0 saturated heterocycles. The third-order valence-electron chi connectivity index (χ3n) is 6.48. The van der Waals surface area contributed by atoms with Crippen molar-refractivity contribution in [2.75, 3.05) is 36.8 Å². The summed E-state index contributed by atoms with van der Waals surface area (Å²) < 4.78 is 27.3. The summed E-state index contributed by atoms with van der Waals surface area (Å²) in [4.78, 5) is 41.3. The summed E-state index contributed by atoms with van der Waals surface area (Å²) in [6, 6.07) is 13.7. The fraction of sp³-hybridized carbons (Fsp3) is 0.296. The van der Waals surface area contributed by atoms with Crippen LogP contribution in [0.15, 0.2) is 59.5 Å². The molecule has 4 rings (SSSR count). The molecule has 1 aliphatic rings. The van der Waals surface area contributed by atoms with Crippen molar-refractivity contribution in [1.29, 1.82) is 0 Å². The molecular weight excluding hydrogens is 538 g/mol. The van der Waals surface area contributed by atoms with Crippen molar-refractivity contribution in [2.24, 2.45) is 0 Å². The normalized spacial score (nSPS) is 13.3. The maximum atomic E-state index is 13.2. The van der Waals surface area contributed by atoms with E-state index in [9.17, 15) is 22.8 Å². The van der Waals surface area contributed by atoms with Gasteiger partial charge >= 0.3 is 6.03 Å². The second kappa shape index (κ2) is 12.0. The number of sulfonamides is 1. The summed E-state index contributed by atoms with van der Waals surface area (Å²) in [5.41, 5.74) is 1.86. The van der Waals surface area contributed by atoms with E-state index < -0.39 is 27.9 Å². The first-order valence-corrected chi connectivity index (χ1v) is 14.8. The van der Waals surface area contributed by atoms with E-state index in [1.165, 1.54) is 54.0 Å². The predicted molar refractivity (Wildman–Crippen MR) is 152 cm³/mol. The molecule has 3 N–H and O–H groups in total. The summed E-state index contributed by atoms with van der Waals surface area (Å²) in [5.74, 6) is -1.08. The molecule has 0 aliphatic carbocycles. The van der Waals surface area contributed by atoms with Gasteiger partial charge in [0.05, 0.1) is 16.1 Å². The molecule has 10 nitrogen and oxygen atoms in total. The highest BCUT2D eigenvalue weighted by molar-refractivity contribution is 7.92. The summed E-state index contributed by atoms with van der Waals surface area (Å²) in [6.07, 6.45) is 1.63. The van der Waals surface area contributed by atoms with E-state index >= 15 is 0 Å². The molecule has 2 heterocycles. The molecule has 3 aromatic rings. The first kappa shape index (κ1) is 28.3. The molecule has 1 aromatic heterocycles. The van der Waals surface area contributed by atoms with Crippen LogP contribution < -0.4 is 20.3 Å². The molecule has 0 unspecified atom stereocenters. The fourth-order valence-electron chi connectivity index (χ4n) is 4.41. The van der Waals surface area contributed by atoms with Gasteiger partial charge in [0.1, 0.15) is 5.00 Å². The maximum Gasteiger partial charge on any atom is 0.321 e. The number of rotatable bonds is 8. The van der Waals surface area contributed by atoms with E-state index in [2.05, 4.69) is 27.8 Å². The zero-order valence-electron chi connectivity index (χ0n) is 22.0. The van der Waals surface area contributed by atoms with Crippen LogP contribution in [0.5, 0.6) is 0 Å². The highest BCUT2D eigenvalue weighted by Crippen LogP contribution is 2.37. The molecule has 206 valence electrons. The first-order valence-electron chi connectivity index (χ1n) is 12.5. The quantitative estimate of drug-likeness (QED) is 0.380. The van der Waals surface area contributed by atoms with Gasteiger partial charge in [-0.05, 0) is 61.3 Å². The zero-order chi connectivity index (χ0) is 28.2. The Bertz CT molecular complexity index is 1470. The minimum absolute atomic E-state index is 0.0404. The molecule has 0 atom stereocenters. The maximum absolute atomic E-state index is 13.2. The van der Waals surface area contributed by atoms with Crippen molar-refractivity contribution in [3.63, 3.8) is 0 Å². The largest absolute Gasteiger partial charge is 0.341 e. The van der Waals surface area contributed by atoms with E-state index in [0.717, 1.165) is 30.0 Å². The number of hydrogen-bond donors (Lipinski definition) is 3. The molecule has 0 radical (unpaired) electrons. The monoisotopic (exact) mass is 569 g/mol. The summed E-state index contributed by atoms with van der Waals surface area (Å²) >= 11 is 1.32.